The molecule has 17 heavy (non-hydrogen) atoms. The smallest absolute Gasteiger partial charge is 0.259 e. The summed E-state index contributed by atoms with van der Waals surface area (Å²) in [6.07, 6.45) is 1.58. The largest absolute Gasteiger partial charge is 0.365 e. The Morgan fingerprint density at radius 1 is 1.24 bits per heavy atom. The molecule has 0 saturated carbocycles. The third kappa shape index (κ3) is 2.54. The van der Waals surface area contributed by atoms with E-state index in [1.807, 2.05) is 33.8 Å². The average molecular weight is 228 g/mol. The van der Waals surface area contributed by atoms with E-state index < -0.39 is 5.91 Å². The predicted octanol–water partition coefficient (Wildman–Crippen LogP) is 2.31. The van der Waals surface area contributed by atoms with E-state index in [0.29, 0.717) is 0 Å². The highest BCUT2D eigenvalue weighted by molar-refractivity contribution is 6.01. The summed E-state index contributed by atoms with van der Waals surface area (Å²) in [5.41, 5.74) is 10.5. The highest BCUT2D eigenvalue weighted by Crippen LogP contribution is 2.23. The molecule has 0 aliphatic carbocycles. The molecule has 0 atom stereocenters. The zero-order valence-corrected chi connectivity index (χ0v) is 10.6. The number of amides is 1. The first-order chi connectivity index (χ1) is 7.88. The first-order valence-corrected chi connectivity index (χ1v) is 5.37. The number of nitrogens with two attached hydrogens (primary N) is 1. The lowest BCUT2D eigenvalue weighted by molar-refractivity contribution is -0.114. The molecular formula is C14H16N2O. The molecule has 1 amide bonds. The summed E-state index contributed by atoms with van der Waals surface area (Å²) in [5.74, 6) is -0.689. The Bertz CT molecular complexity index is 522. The highest BCUT2D eigenvalue weighted by Gasteiger charge is 2.10. The lowest BCUT2D eigenvalue weighted by Gasteiger charge is -2.12. The first kappa shape index (κ1) is 13.0. The van der Waals surface area contributed by atoms with Gasteiger partial charge in [-0.25, -0.2) is 0 Å². The third-order valence-electron chi connectivity index (χ3n) is 3.10. The quantitative estimate of drug-likeness (QED) is 0.623. The average Bonchev–Trinajstić information content (AvgIpc) is 2.26. The number of primary amides is 1. The lowest BCUT2D eigenvalue weighted by Crippen LogP contribution is -2.12. The first-order valence-electron chi connectivity index (χ1n) is 5.37. The maximum atomic E-state index is 11.1. The zero-order valence-electron chi connectivity index (χ0n) is 10.6. The molecule has 0 heterocycles. The Balaban J connectivity index is 3.53. The second-order valence-corrected chi connectivity index (χ2v) is 4.21. The van der Waals surface area contributed by atoms with Crippen LogP contribution in [0.2, 0.25) is 0 Å². The minimum absolute atomic E-state index is 0.0128. The number of hydrogen-bond donors (Lipinski definition) is 1. The molecule has 0 saturated heterocycles. The van der Waals surface area contributed by atoms with Crippen molar-refractivity contribution in [3.8, 4) is 6.07 Å². The van der Waals surface area contributed by atoms with Crippen LogP contribution in [0, 0.1) is 39.0 Å². The lowest BCUT2D eigenvalue weighted by atomic mass is 9.93. The molecule has 0 unspecified atom stereocenters. The molecule has 0 radical (unpaired) electrons. The van der Waals surface area contributed by atoms with Gasteiger partial charge in [-0.3, -0.25) is 4.79 Å². The van der Waals surface area contributed by atoms with Crippen LogP contribution in [0.1, 0.15) is 27.8 Å². The molecule has 3 nitrogen and oxygen atoms in total. The number of nitriles is 1. The molecule has 0 bridgehead atoms. The zero-order chi connectivity index (χ0) is 13.2. The van der Waals surface area contributed by atoms with Gasteiger partial charge in [0.15, 0.2) is 0 Å². The molecule has 1 aromatic carbocycles. The molecule has 2 N–H and O–H groups in total. The van der Waals surface area contributed by atoms with Crippen LogP contribution < -0.4 is 5.73 Å². The summed E-state index contributed by atoms with van der Waals surface area (Å²) in [5, 5.41) is 8.86. The van der Waals surface area contributed by atoms with Crippen molar-refractivity contribution in [1.29, 1.82) is 5.26 Å². The third-order valence-corrected chi connectivity index (χ3v) is 3.10. The van der Waals surface area contributed by atoms with Crippen molar-refractivity contribution in [2.45, 2.75) is 27.7 Å². The molecule has 0 fully saturated rings. The highest BCUT2D eigenvalue weighted by atomic mass is 16.1. The van der Waals surface area contributed by atoms with E-state index >= 15 is 0 Å². The van der Waals surface area contributed by atoms with Gasteiger partial charge in [-0.15, -0.1) is 0 Å². The van der Waals surface area contributed by atoms with Gasteiger partial charge < -0.3 is 5.73 Å². The number of carbonyl (C=O) groups excluding carboxylic acids is 1. The number of carbonyl (C=O) groups is 1. The van der Waals surface area contributed by atoms with E-state index in [4.69, 9.17) is 11.0 Å². The summed E-state index contributed by atoms with van der Waals surface area (Å²) in [6, 6.07) is 3.93. The van der Waals surface area contributed by atoms with Gasteiger partial charge in [-0.1, -0.05) is 6.07 Å². The standard InChI is InChI=1S/C14H16N2O/c1-8-5-9(2)11(4)13(10(8)3)6-12(7-15)14(16)17/h5-6H,1-4H3,(H2,16,17)/b12-6+. The molecule has 3 heteroatoms. The second-order valence-electron chi connectivity index (χ2n) is 4.21. The topological polar surface area (TPSA) is 66.9 Å². The van der Waals surface area contributed by atoms with Crippen molar-refractivity contribution in [2.24, 2.45) is 5.73 Å². The van der Waals surface area contributed by atoms with Gasteiger partial charge >= 0.3 is 0 Å². The Morgan fingerprint density at radius 3 is 2.06 bits per heavy atom. The fourth-order valence-corrected chi connectivity index (χ4v) is 1.77. The second kappa shape index (κ2) is 4.84. The number of hydrogen-bond acceptors (Lipinski definition) is 2. The van der Waals surface area contributed by atoms with Crippen molar-refractivity contribution < 1.29 is 4.79 Å². The fourth-order valence-electron chi connectivity index (χ4n) is 1.77. The monoisotopic (exact) mass is 228 g/mol. The normalized spacial score (nSPS) is 11.1. The van der Waals surface area contributed by atoms with E-state index in [2.05, 4.69) is 6.07 Å². The van der Waals surface area contributed by atoms with E-state index in [1.54, 1.807) is 6.08 Å². The van der Waals surface area contributed by atoms with Crippen molar-refractivity contribution >= 4 is 12.0 Å². The molecule has 0 aliphatic rings. The van der Waals surface area contributed by atoms with Crippen molar-refractivity contribution in [3.63, 3.8) is 0 Å². The summed E-state index contributed by atoms with van der Waals surface area (Å²) in [7, 11) is 0. The van der Waals surface area contributed by atoms with Crippen LogP contribution in [0.15, 0.2) is 11.6 Å². The van der Waals surface area contributed by atoms with Crippen LogP contribution in [0.3, 0.4) is 0 Å². The van der Waals surface area contributed by atoms with E-state index in [-0.39, 0.29) is 5.57 Å². The van der Waals surface area contributed by atoms with E-state index in [1.165, 1.54) is 0 Å². The summed E-state index contributed by atoms with van der Waals surface area (Å²) in [4.78, 5) is 11.1. The van der Waals surface area contributed by atoms with Crippen LogP contribution in [-0.2, 0) is 4.79 Å². The van der Waals surface area contributed by atoms with Crippen LogP contribution in [-0.4, -0.2) is 5.91 Å². The van der Waals surface area contributed by atoms with Gasteiger partial charge in [0.2, 0.25) is 0 Å². The summed E-state index contributed by atoms with van der Waals surface area (Å²) < 4.78 is 0. The van der Waals surface area contributed by atoms with Crippen molar-refractivity contribution in [3.05, 3.63) is 39.5 Å². The summed E-state index contributed by atoms with van der Waals surface area (Å²) in [6.45, 7) is 7.97. The van der Waals surface area contributed by atoms with Gasteiger partial charge in [-0.2, -0.15) is 5.26 Å². The Morgan fingerprint density at radius 2 is 1.71 bits per heavy atom. The maximum absolute atomic E-state index is 11.1. The Hall–Kier alpha value is -2.08. The SMILES string of the molecule is Cc1cc(C)c(C)c(/C=C(\C#N)C(N)=O)c1C. The maximum Gasteiger partial charge on any atom is 0.259 e. The minimum atomic E-state index is -0.689. The van der Waals surface area contributed by atoms with Crippen LogP contribution >= 0.6 is 0 Å². The summed E-state index contributed by atoms with van der Waals surface area (Å²) >= 11 is 0. The van der Waals surface area contributed by atoms with Gasteiger partial charge in [0.1, 0.15) is 11.6 Å². The van der Waals surface area contributed by atoms with Crippen molar-refractivity contribution in [1.82, 2.24) is 0 Å². The molecule has 0 spiro atoms. The van der Waals surface area contributed by atoms with Gasteiger partial charge in [0.25, 0.3) is 5.91 Å². The molecule has 0 aliphatic heterocycles. The predicted molar refractivity (Wildman–Crippen MR) is 68.2 cm³/mol. The molecule has 0 aromatic heterocycles. The van der Waals surface area contributed by atoms with E-state index in [0.717, 1.165) is 27.8 Å². The number of benzene rings is 1. The number of rotatable bonds is 2. The molecule has 1 aromatic rings. The fraction of sp³-hybridized carbons (Fsp3) is 0.286. The van der Waals surface area contributed by atoms with Crippen LogP contribution in [0.4, 0.5) is 0 Å². The van der Waals surface area contributed by atoms with Crippen LogP contribution in [0.5, 0.6) is 0 Å². The number of nitrogens with zero attached hydrogens (tertiary/aromatic N) is 1. The van der Waals surface area contributed by atoms with Gasteiger partial charge in [-0.05, 0) is 61.6 Å². The molecule has 1 rings (SSSR count). The van der Waals surface area contributed by atoms with Gasteiger partial charge in [0.05, 0.1) is 0 Å². The minimum Gasteiger partial charge on any atom is -0.365 e. The van der Waals surface area contributed by atoms with Gasteiger partial charge in [0, 0.05) is 0 Å². The molecular weight excluding hydrogens is 212 g/mol. The van der Waals surface area contributed by atoms with Crippen molar-refractivity contribution in [2.75, 3.05) is 0 Å². The Kier molecular flexibility index (Phi) is 3.69. The molecule has 88 valence electrons. The number of aryl methyl sites for hydroxylation is 2. The van der Waals surface area contributed by atoms with Crippen LogP contribution in [0.25, 0.3) is 6.08 Å². The Labute approximate surface area is 102 Å². The van der Waals surface area contributed by atoms with E-state index in [9.17, 15) is 4.79 Å².